The quantitative estimate of drug-likeness (QED) is 0.860. The second-order valence-electron chi connectivity index (χ2n) is 5.54. The minimum atomic E-state index is 0.748. The Morgan fingerprint density at radius 3 is 2.65 bits per heavy atom. The van der Waals surface area contributed by atoms with Crippen molar-refractivity contribution in [3.05, 3.63) is 53.3 Å². The van der Waals surface area contributed by atoms with Gasteiger partial charge >= 0.3 is 0 Å². The smallest absolute Gasteiger partial charge is 0.0489 e. The standard InChI is InChI=1S/C16H20ClN3/c17-16-5-2-1-4-15(16)13-19-10-6-14(7-11-19)12-20-9-3-8-18-20/h1-5,8-9,14H,6-7,10-13H2. The first-order chi connectivity index (χ1) is 9.81. The lowest BCUT2D eigenvalue weighted by Crippen LogP contribution is -2.34. The number of benzene rings is 1. The summed E-state index contributed by atoms with van der Waals surface area (Å²) < 4.78 is 2.05. The molecule has 4 heteroatoms. The van der Waals surface area contributed by atoms with Crippen molar-refractivity contribution in [2.24, 2.45) is 5.92 Å². The van der Waals surface area contributed by atoms with E-state index < -0.39 is 0 Å². The van der Waals surface area contributed by atoms with Crippen molar-refractivity contribution >= 4 is 11.6 Å². The highest BCUT2D eigenvalue weighted by Crippen LogP contribution is 2.23. The van der Waals surface area contributed by atoms with Crippen LogP contribution < -0.4 is 0 Å². The molecule has 20 heavy (non-hydrogen) atoms. The van der Waals surface area contributed by atoms with Gasteiger partial charge in [-0.1, -0.05) is 29.8 Å². The van der Waals surface area contributed by atoms with E-state index in [2.05, 4.69) is 28.3 Å². The molecule has 3 nitrogen and oxygen atoms in total. The van der Waals surface area contributed by atoms with E-state index in [1.54, 1.807) is 0 Å². The highest BCUT2D eigenvalue weighted by molar-refractivity contribution is 6.31. The molecule has 0 saturated carbocycles. The Hall–Kier alpha value is -1.32. The first-order valence-corrected chi connectivity index (χ1v) is 7.62. The zero-order valence-electron chi connectivity index (χ0n) is 11.6. The van der Waals surface area contributed by atoms with Gasteiger partial charge in [-0.2, -0.15) is 5.10 Å². The van der Waals surface area contributed by atoms with Gasteiger partial charge < -0.3 is 0 Å². The Morgan fingerprint density at radius 1 is 1.15 bits per heavy atom. The van der Waals surface area contributed by atoms with Crippen LogP contribution in [0.15, 0.2) is 42.7 Å². The largest absolute Gasteiger partial charge is 0.299 e. The second kappa shape index (κ2) is 6.42. The molecule has 0 radical (unpaired) electrons. The molecule has 0 atom stereocenters. The third kappa shape index (κ3) is 3.41. The van der Waals surface area contributed by atoms with Gasteiger partial charge in [-0.3, -0.25) is 9.58 Å². The minimum absolute atomic E-state index is 0.748. The van der Waals surface area contributed by atoms with Crippen molar-refractivity contribution in [2.75, 3.05) is 13.1 Å². The van der Waals surface area contributed by atoms with E-state index in [0.717, 1.165) is 37.1 Å². The molecule has 2 heterocycles. The third-order valence-corrected chi connectivity index (χ3v) is 4.43. The van der Waals surface area contributed by atoms with Gasteiger partial charge in [0.05, 0.1) is 0 Å². The van der Waals surface area contributed by atoms with Crippen LogP contribution in [0.2, 0.25) is 5.02 Å². The molecule has 0 N–H and O–H groups in total. The van der Waals surface area contributed by atoms with E-state index >= 15 is 0 Å². The van der Waals surface area contributed by atoms with Gasteiger partial charge in [0.15, 0.2) is 0 Å². The Labute approximate surface area is 125 Å². The zero-order valence-corrected chi connectivity index (χ0v) is 12.3. The third-order valence-electron chi connectivity index (χ3n) is 4.06. The number of piperidine rings is 1. The summed E-state index contributed by atoms with van der Waals surface area (Å²) in [4.78, 5) is 2.50. The fraction of sp³-hybridized carbons (Fsp3) is 0.438. The molecule has 0 spiro atoms. The zero-order chi connectivity index (χ0) is 13.8. The van der Waals surface area contributed by atoms with Gasteiger partial charge in [0.2, 0.25) is 0 Å². The number of hydrogen-bond acceptors (Lipinski definition) is 2. The summed E-state index contributed by atoms with van der Waals surface area (Å²) in [5.41, 5.74) is 1.24. The topological polar surface area (TPSA) is 21.1 Å². The predicted molar refractivity (Wildman–Crippen MR) is 81.7 cm³/mol. The van der Waals surface area contributed by atoms with Crippen LogP contribution in [0.3, 0.4) is 0 Å². The second-order valence-corrected chi connectivity index (χ2v) is 5.95. The van der Waals surface area contributed by atoms with Crippen molar-refractivity contribution < 1.29 is 0 Å². The Balaban J connectivity index is 1.50. The van der Waals surface area contributed by atoms with E-state index in [4.69, 9.17) is 11.6 Å². The van der Waals surface area contributed by atoms with E-state index in [-0.39, 0.29) is 0 Å². The lowest BCUT2D eigenvalue weighted by Gasteiger charge is -2.32. The molecule has 0 aliphatic carbocycles. The van der Waals surface area contributed by atoms with Crippen LogP contribution in [0.5, 0.6) is 0 Å². The summed E-state index contributed by atoms with van der Waals surface area (Å²) >= 11 is 6.23. The maximum absolute atomic E-state index is 6.23. The minimum Gasteiger partial charge on any atom is -0.299 e. The fourth-order valence-electron chi connectivity index (χ4n) is 2.87. The van der Waals surface area contributed by atoms with Crippen LogP contribution in [-0.2, 0) is 13.1 Å². The number of aromatic nitrogens is 2. The van der Waals surface area contributed by atoms with Gasteiger partial charge in [0, 0.05) is 30.5 Å². The van der Waals surface area contributed by atoms with Crippen molar-refractivity contribution in [1.29, 1.82) is 0 Å². The molecule has 0 amide bonds. The molecule has 1 aromatic carbocycles. The number of likely N-dealkylation sites (tertiary alicyclic amines) is 1. The van der Waals surface area contributed by atoms with Gasteiger partial charge in [0.25, 0.3) is 0 Å². The summed E-state index contributed by atoms with van der Waals surface area (Å²) in [5.74, 6) is 0.748. The van der Waals surface area contributed by atoms with Crippen molar-refractivity contribution in [3.8, 4) is 0 Å². The van der Waals surface area contributed by atoms with Crippen LogP contribution in [-0.4, -0.2) is 27.8 Å². The molecule has 3 rings (SSSR count). The molecule has 1 aromatic heterocycles. The summed E-state index contributed by atoms with van der Waals surface area (Å²) in [6.45, 7) is 4.31. The van der Waals surface area contributed by atoms with Crippen LogP contribution in [0.25, 0.3) is 0 Å². The molecule has 0 unspecified atom stereocenters. The molecule has 2 aromatic rings. The maximum atomic E-state index is 6.23. The van der Waals surface area contributed by atoms with Gasteiger partial charge in [-0.15, -0.1) is 0 Å². The molecule has 1 saturated heterocycles. The van der Waals surface area contributed by atoms with Crippen LogP contribution in [0.4, 0.5) is 0 Å². The molecule has 106 valence electrons. The molecular weight excluding hydrogens is 270 g/mol. The lowest BCUT2D eigenvalue weighted by atomic mass is 9.96. The Morgan fingerprint density at radius 2 is 1.95 bits per heavy atom. The van der Waals surface area contributed by atoms with Gasteiger partial charge in [-0.05, 0) is 49.5 Å². The van der Waals surface area contributed by atoms with E-state index in [1.807, 2.05) is 29.1 Å². The average Bonchev–Trinajstić information content (AvgIpc) is 2.96. The van der Waals surface area contributed by atoms with Gasteiger partial charge in [0.1, 0.15) is 0 Å². The first-order valence-electron chi connectivity index (χ1n) is 7.24. The molecule has 0 bridgehead atoms. The number of nitrogens with zero attached hydrogens (tertiary/aromatic N) is 3. The number of hydrogen-bond donors (Lipinski definition) is 0. The first kappa shape index (κ1) is 13.7. The average molecular weight is 290 g/mol. The number of halogens is 1. The predicted octanol–water partition coefficient (Wildman–Crippen LogP) is 3.45. The maximum Gasteiger partial charge on any atom is 0.0489 e. The normalized spacial score (nSPS) is 17.4. The highest BCUT2D eigenvalue weighted by Gasteiger charge is 2.20. The number of rotatable bonds is 4. The van der Waals surface area contributed by atoms with Crippen LogP contribution >= 0.6 is 11.6 Å². The molecule has 1 fully saturated rings. The molecule has 1 aliphatic heterocycles. The molecule has 1 aliphatic rings. The van der Waals surface area contributed by atoms with Crippen LogP contribution in [0, 0.1) is 5.92 Å². The van der Waals surface area contributed by atoms with E-state index in [9.17, 15) is 0 Å². The van der Waals surface area contributed by atoms with Gasteiger partial charge in [-0.25, -0.2) is 0 Å². The fourth-order valence-corrected chi connectivity index (χ4v) is 3.06. The van der Waals surface area contributed by atoms with E-state index in [1.165, 1.54) is 18.4 Å². The monoisotopic (exact) mass is 289 g/mol. The van der Waals surface area contributed by atoms with E-state index in [0.29, 0.717) is 0 Å². The molecular formula is C16H20ClN3. The van der Waals surface area contributed by atoms with Crippen molar-refractivity contribution in [1.82, 2.24) is 14.7 Å². The summed E-state index contributed by atoms with van der Waals surface area (Å²) in [6.07, 6.45) is 6.39. The highest BCUT2D eigenvalue weighted by atomic mass is 35.5. The SMILES string of the molecule is Clc1ccccc1CN1CCC(Cn2cccn2)CC1. The lowest BCUT2D eigenvalue weighted by molar-refractivity contribution is 0.164. The Kier molecular flexibility index (Phi) is 4.38. The van der Waals surface area contributed by atoms with Crippen molar-refractivity contribution in [3.63, 3.8) is 0 Å². The van der Waals surface area contributed by atoms with Crippen LogP contribution in [0.1, 0.15) is 18.4 Å². The summed E-state index contributed by atoms with van der Waals surface area (Å²) in [6, 6.07) is 10.1. The Bertz CT molecular complexity index is 530. The summed E-state index contributed by atoms with van der Waals surface area (Å²) in [7, 11) is 0. The van der Waals surface area contributed by atoms with Crippen molar-refractivity contribution in [2.45, 2.75) is 25.9 Å². The summed E-state index contributed by atoms with van der Waals surface area (Å²) in [5, 5.41) is 5.18.